The van der Waals surface area contributed by atoms with E-state index in [0.29, 0.717) is 13.2 Å². The number of nitrogens with zero attached hydrogens (tertiary/aromatic N) is 2. The molecule has 3 rings (SSSR count). The number of aryl methyl sites for hydroxylation is 1. The molecule has 0 saturated carbocycles. The van der Waals surface area contributed by atoms with Crippen molar-refractivity contribution < 1.29 is 14.6 Å². The minimum atomic E-state index is -0.179. The molecular formula is C15H22N2O3. The van der Waals surface area contributed by atoms with E-state index >= 15 is 0 Å². The Bertz CT molecular complexity index is 516. The van der Waals surface area contributed by atoms with Crippen molar-refractivity contribution >= 4 is 5.82 Å². The highest BCUT2D eigenvalue weighted by Crippen LogP contribution is 2.36. The predicted octanol–water partition coefficient (Wildman–Crippen LogP) is 1.30. The number of anilines is 1. The highest BCUT2D eigenvalue weighted by Gasteiger charge is 2.33. The van der Waals surface area contributed by atoms with Crippen LogP contribution in [0.1, 0.15) is 25.0 Å². The maximum atomic E-state index is 9.51. The molecule has 5 nitrogen and oxygen atoms in total. The molecule has 110 valence electrons. The van der Waals surface area contributed by atoms with Crippen LogP contribution in [-0.2, 0) is 11.2 Å². The Labute approximate surface area is 119 Å². The summed E-state index contributed by atoms with van der Waals surface area (Å²) in [4.78, 5) is 6.84. The summed E-state index contributed by atoms with van der Waals surface area (Å²) in [6, 6.07) is 2.14. The molecule has 0 bridgehead atoms. The van der Waals surface area contributed by atoms with Crippen molar-refractivity contribution in [1.82, 2.24) is 4.98 Å². The smallest absolute Gasteiger partial charge is 0.219 e. The normalized spacial score (nSPS) is 24.4. The van der Waals surface area contributed by atoms with E-state index < -0.39 is 0 Å². The van der Waals surface area contributed by atoms with E-state index in [9.17, 15) is 5.11 Å². The minimum Gasteiger partial charge on any atom is -0.471 e. The molecule has 1 aromatic heterocycles. The van der Waals surface area contributed by atoms with Gasteiger partial charge in [0.1, 0.15) is 11.4 Å². The van der Waals surface area contributed by atoms with Gasteiger partial charge in [-0.15, -0.1) is 0 Å². The highest BCUT2D eigenvalue weighted by atomic mass is 16.5. The number of aliphatic hydroxyl groups excluding tert-OH is 1. The van der Waals surface area contributed by atoms with E-state index in [1.807, 2.05) is 0 Å². The second-order valence-corrected chi connectivity index (χ2v) is 6.24. The van der Waals surface area contributed by atoms with Crippen LogP contribution in [0.2, 0.25) is 0 Å². The molecule has 1 aromatic rings. The van der Waals surface area contributed by atoms with Gasteiger partial charge in [0.2, 0.25) is 5.88 Å². The van der Waals surface area contributed by atoms with Crippen LogP contribution in [0.4, 0.5) is 5.82 Å². The van der Waals surface area contributed by atoms with Gasteiger partial charge < -0.3 is 19.5 Å². The molecule has 3 heterocycles. The van der Waals surface area contributed by atoms with Gasteiger partial charge in [0.15, 0.2) is 0 Å². The number of aromatic nitrogens is 1. The Morgan fingerprint density at radius 1 is 1.50 bits per heavy atom. The monoisotopic (exact) mass is 278 g/mol. The first-order valence-corrected chi connectivity index (χ1v) is 7.15. The molecular weight excluding hydrogens is 256 g/mol. The van der Waals surface area contributed by atoms with Crippen LogP contribution in [0.25, 0.3) is 0 Å². The zero-order chi connectivity index (χ0) is 14.3. The highest BCUT2D eigenvalue weighted by molar-refractivity contribution is 5.53. The number of ether oxygens (including phenoxy) is 2. The fourth-order valence-electron chi connectivity index (χ4n) is 2.99. The van der Waals surface area contributed by atoms with Crippen LogP contribution < -0.4 is 9.64 Å². The molecule has 20 heavy (non-hydrogen) atoms. The molecule has 5 heteroatoms. The lowest BCUT2D eigenvalue weighted by Crippen LogP contribution is -2.48. The lowest BCUT2D eigenvalue weighted by Gasteiger charge is -2.36. The molecule has 0 amide bonds. The lowest BCUT2D eigenvalue weighted by atomic mass is 10.0. The number of aliphatic hydroxyl groups is 1. The summed E-state index contributed by atoms with van der Waals surface area (Å²) in [6.45, 7) is 8.26. The van der Waals surface area contributed by atoms with Gasteiger partial charge in [-0.1, -0.05) is 0 Å². The number of pyridine rings is 1. The van der Waals surface area contributed by atoms with Gasteiger partial charge >= 0.3 is 0 Å². The number of rotatable bonds is 2. The van der Waals surface area contributed by atoms with Gasteiger partial charge in [0.05, 0.1) is 25.9 Å². The summed E-state index contributed by atoms with van der Waals surface area (Å²) in [5.41, 5.74) is 2.12. The largest absolute Gasteiger partial charge is 0.471 e. The second kappa shape index (κ2) is 4.90. The third-order valence-corrected chi connectivity index (χ3v) is 3.93. The average molecular weight is 278 g/mol. The lowest BCUT2D eigenvalue weighted by molar-refractivity contribution is 0.0720. The molecule has 2 aliphatic heterocycles. The first-order valence-electron chi connectivity index (χ1n) is 7.15. The van der Waals surface area contributed by atoms with E-state index in [0.717, 1.165) is 30.2 Å². The first-order chi connectivity index (χ1) is 9.50. The summed E-state index contributed by atoms with van der Waals surface area (Å²) in [5, 5.41) is 9.51. The SMILES string of the molecule is Cc1cc2c(nc1N1CCOC[C@H]1CO)OC(C)(C)C2. The second-order valence-electron chi connectivity index (χ2n) is 6.24. The van der Waals surface area contributed by atoms with Crippen LogP contribution in [0.15, 0.2) is 6.07 Å². The Balaban J connectivity index is 1.95. The van der Waals surface area contributed by atoms with Crippen molar-refractivity contribution in [3.63, 3.8) is 0 Å². The van der Waals surface area contributed by atoms with Crippen molar-refractivity contribution in [3.05, 3.63) is 17.2 Å². The summed E-state index contributed by atoms with van der Waals surface area (Å²) in [6.07, 6.45) is 0.892. The molecule has 1 atom stereocenters. The molecule has 1 N–H and O–H groups in total. The van der Waals surface area contributed by atoms with Gasteiger partial charge in [-0.2, -0.15) is 4.98 Å². The van der Waals surface area contributed by atoms with Crippen molar-refractivity contribution in [1.29, 1.82) is 0 Å². The van der Waals surface area contributed by atoms with Crippen LogP contribution in [-0.4, -0.2) is 48.1 Å². The van der Waals surface area contributed by atoms with Crippen LogP contribution >= 0.6 is 0 Å². The van der Waals surface area contributed by atoms with Crippen molar-refractivity contribution in [2.75, 3.05) is 31.3 Å². The fraction of sp³-hybridized carbons (Fsp3) is 0.667. The predicted molar refractivity (Wildman–Crippen MR) is 76.4 cm³/mol. The first kappa shape index (κ1) is 13.6. The van der Waals surface area contributed by atoms with Crippen LogP contribution in [0, 0.1) is 6.92 Å². The average Bonchev–Trinajstić information content (AvgIpc) is 2.70. The molecule has 1 saturated heterocycles. The molecule has 2 aliphatic rings. The van der Waals surface area contributed by atoms with Gasteiger partial charge in [-0.3, -0.25) is 0 Å². The van der Waals surface area contributed by atoms with E-state index in [1.54, 1.807) is 0 Å². The Hall–Kier alpha value is -1.33. The number of hydrogen-bond acceptors (Lipinski definition) is 5. The Morgan fingerprint density at radius 2 is 2.30 bits per heavy atom. The van der Waals surface area contributed by atoms with E-state index in [1.165, 1.54) is 5.56 Å². The molecule has 1 fully saturated rings. The molecule has 0 aromatic carbocycles. The van der Waals surface area contributed by atoms with Crippen molar-refractivity contribution in [2.24, 2.45) is 0 Å². The van der Waals surface area contributed by atoms with Crippen molar-refractivity contribution in [3.8, 4) is 5.88 Å². The molecule has 0 aliphatic carbocycles. The third kappa shape index (κ3) is 2.36. The summed E-state index contributed by atoms with van der Waals surface area (Å²) < 4.78 is 11.3. The standard InChI is InChI=1S/C15H22N2O3/c1-10-6-11-7-15(2,3)20-14(11)16-13(10)17-4-5-19-9-12(17)8-18/h6,12,18H,4-5,7-9H2,1-3H3/t12-/m1/s1. The zero-order valence-electron chi connectivity index (χ0n) is 12.3. The van der Waals surface area contributed by atoms with Gasteiger partial charge in [0.25, 0.3) is 0 Å². The summed E-state index contributed by atoms with van der Waals surface area (Å²) >= 11 is 0. The van der Waals surface area contributed by atoms with E-state index in [2.05, 4.69) is 31.7 Å². The van der Waals surface area contributed by atoms with E-state index in [-0.39, 0.29) is 18.2 Å². The minimum absolute atomic E-state index is 0.0255. The van der Waals surface area contributed by atoms with Gasteiger partial charge in [-0.05, 0) is 32.4 Å². The topological polar surface area (TPSA) is 54.8 Å². The maximum Gasteiger partial charge on any atom is 0.219 e. The molecule has 0 spiro atoms. The number of fused-ring (bicyclic) bond motifs is 1. The quantitative estimate of drug-likeness (QED) is 0.884. The van der Waals surface area contributed by atoms with Gasteiger partial charge in [-0.25, -0.2) is 0 Å². The molecule has 0 unspecified atom stereocenters. The third-order valence-electron chi connectivity index (χ3n) is 3.93. The maximum absolute atomic E-state index is 9.51. The number of hydrogen-bond donors (Lipinski definition) is 1. The Kier molecular flexibility index (Phi) is 3.34. The van der Waals surface area contributed by atoms with Gasteiger partial charge in [0, 0.05) is 18.5 Å². The van der Waals surface area contributed by atoms with E-state index in [4.69, 9.17) is 14.5 Å². The van der Waals surface area contributed by atoms with Crippen LogP contribution in [0.3, 0.4) is 0 Å². The van der Waals surface area contributed by atoms with Crippen molar-refractivity contribution in [2.45, 2.75) is 38.8 Å². The Morgan fingerprint density at radius 3 is 3.05 bits per heavy atom. The summed E-state index contributed by atoms with van der Waals surface area (Å²) in [7, 11) is 0. The molecule has 0 radical (unpaired) electrons. The zero-order valence-corrected chi connectivity index (χ0v) is 12.3. The fourth-order valence-corrected chi connectivity index (χ4v) is 2.99. The van der Waals surface area contributed by atoms with Crippen LogP contribution in [0.5, 0.6) is 5.88 Å². The summed E-state index contributed by atoms with van der Waals surface area (Å²) in [5.74, 6) is 1.64. The number of morpholine rings is 1.